The van der Waals surface area contributed by atoms with Crippen LogP contribution in [0, 0.1) is 6.92 Å². The second-order valence-electron chi connectivity index (χ2n) is 5.97. The summed E-state index contributed by atoms with van der Waals surface area (Å²) in [4.78, 5) is 13.4. The van der Waals surface area contributed by atoms with E-state index in [0.717, 1.165) is 30.6 Å². The maximum Gasteiger partial charge on any atom is 0.135 e. The molecule has 5 heteroatoms. The molecule has 0 bridgehead atoms. The number of hydrogen-bond donors (Lipinski definition) is 0. The Morgan fingerprint density at radius 1 is 0.464 bits per heavy atom. The smallest absolute Gasteiger partial charge is 0.135 e. The van der Waals surface area contributed by atoms with Gasteiger partial charge in [0.05, 0.1) is 5.69 Å². The van der Waals surface area contributed by atoms with Crippen LogP contribution in [0.4, 0.5) is 0 Å². The third kappa shape index (κ3) is 4.98. The SMILES string of the molecule is Cc1nc(Sc2ccccc2)c(Sc2ccccc2)nc1Sc1ccccc1. The first-order valence-corrected chi connectivity index (χ1v) is 11.3. The van der Waals surface area contributed by atoms with Gasteiger partial charge >= 0.3 is 0 Å². The van der Waals surface area contributed by atoms with Crippen molar-refractivity contribution in [3.63, 3.8) is 0 Å². The van der Waals surface area contributed by atoms with Crippen LogP contribution in [0.3, 0.4) is 0 Å². The lowest BCUT2D eigenvalue weighted by molar-refractivity contribution is 0.813. The number of aromatic nitrogens is 2. The molecule has 0 aliphatic carbocycles. The molecule has 4 rings (SSSR count). The summed E-state index contributed by atoms with van der Waals surface area (Å²) in [5.41, 5.74) is 0.949. The van der Waals surface area contributed by atoms with E-state index in [-0.39, 0.29) is 0 Å². The van der Waals surface area contributed by atoms with Gasteiger partial charge in [0.15, 0.2) is 0 Å². The highest BCUT2D eigenvalue weighted by Crippen LogP contribution is 2.39. The van der Waals surface area contributed by atoms with Crippen molar-refractivity contribution in [2.24, 2.45) is 0 Å². The monoisotopic (exact) mass is 418 g/mol. The van der Waals surface area contributed by atoms with E-state index in [1.165, 1.54) is 4.90 Å². The molecule has 1 aromatic heterocycles. The minimum Gasteiger partial charge on any atom is -0.241 e. The first-order valence-electron chi connectivity index (χ1n) is 8.85. The van der Waals surface area contributed by atoms with E-state index in [1.807, 2.05) is 61.5 Å². The van der Waals surface area contributed by atoms with Crippen molar-refractivity contribution in [2.75, 3.05) is 0 Å². The first kappa shape index (κ1) is 19.1. The van der Waals surface area contributed by atoms with Crippen LogP contribution >= 0.6 is 35.3 Å². The molecule has 138 valence electrons. The van der Waals surface area contributed by atoms with Gasteiger partial charge < -0.3 is 0 Å². The number of benzene rings is 3. The summed E-state index contributed by atoms with van der Waals surface area (Å²) in [5.74, 6) is 0. The van der Waals surface area contributed by atoms with Gasteiger partial charge in [-0.05, 0) is 43.3 Å². The first-order chi connectivity index (χ1) is 13.8. The fourth-order valence-corrected chi connectivity index (χ4v) is 5.27. The Bertz CT molecular complexity index is 1040. The summed E-state index contributed by atoms with van der Waals surface area (Å²) >= 11 is 4.98. The van der Waals surface area contributed by atoms with Gasteiger partial charge in [-0.15, -0.1) is 0 Å². The summed E-state index contributed by atoms with van der Waals surface area (Å²) < 4.78 is 0. The lowest BCUT2D eigenvalue weighted by atomic mass is 10.4. The fraction of sp³-hybridized carbons (Fsp3) is 0.0435. The van der Waals surface area contributed by atoms with Crippen molar-refractivity contribution in [3.05, 3.63) is 96.7 Å². The number of rotatable bonds is 6. The van der Waals surface area contributed by atoms with Gasteiger partial charge in [0.2, 0.25) is 0 Å². The molecule has 0 N–H and O–H groups in total. The molecule has 0 aliphatic rings. The van der Waals surface area contributed by atoms with Crippen LogP contribution in [0.25, 0.3) is 0 Å². The average molecular weight is 419 g/mol. The molecule has 0 radical (unpaired) electrons. The molecule has 1 heterocycles. The summed E-state index contributed by atoms with van der Waals surface area (Å²) in [6, 6.07) is 31.0. The number of aryl methyl sites for hydroxylation is 1. The molecule has 0 unspecified atom stereocenters. The molecule has 2 nitrogen and oxygen atoms in total. The van der Waals surface area contributed by atoms with Crippen molar-refractivity contribution in [1.82, 2.24) is 9.97 Å². The van der Waals surface area contributed by atoms with Gasteiger partial charge in [-0.3, -0.25) is 0 Å². The zero-order valence-corrected chi connectivity index (χ0v) is 17.7. The minimum absolute atomic E-state index is 0.934. The van der Waals surface area contributed by atoms with Gasteiger partial charge in [-0.2, -0.15) is 0 Å². The molecule has 3 aromatic carbocycles. The van der Waals surface area contributed by atoms with Crippen molar-refractivity contribution in [2.45, 2.75) is 36.7 Å². The Morgan fingerprint density at radius 3 is 1.25 bits per heavy atom. The molecule has 0 aliphatic heterocycles. The van der Waals surface area contributed by atoms with Gasteiger partial charge in [-0.25, -0.2) is 9.97 Å². The Morgan fingerprint density at radius 2 is 0.821 bits per heavy atom. The Kier molecular flexibility index (Phi) is 6.37. The molecular formula is C23H18N2S3. The van der Waals surface area contributed by atoms with Crippen LogP contribution < -0.4 is 0 Å². The van der Waals surface area contributed by atoms with Gasteiger partial charge in [0, 0.05) is 14.7 Å². The van der Waals surface area contributed by atoms with Gasteiger partial charge in [0.1, 0.15) is 15.1 Å². The van der Waals surface area contributed by atoms with Crippen LogP contribution in [0.2, 0.25) is 0 Å². The highest BCUT2D eigenvalue weighted by Gasteiger charge is 2.15. The van der Waals surface area contributed by atoms with E-state index < -0.39 is 0 Å². The van der Waals surface area contributed by atoms with E-state index in [2.05, 4.69) is 36.4 Å². The lowest BCUT2D eigenvalue weighted by Gasteiger charge is -2.12. The van der Waals surface area contributed by atoms with E-state index in [4.69, 9.17) is 9.97 Å². The zero-order valence-electron chi connectivity index (χ0n) is 15.3. The fourth-order valence-electron chi connectivity index (χ4n) is 2.50. The maximum absolute atomic E-state index is 5.00. The molecular weight excluding hydrogens is 400 g/mol. The average Bonchev–Trinajstić information content (AvgIpc) is 2.74. The highest BCUT2D eigenvalue weighted by molar-refractivity contribution is 8.02. The normalized spacial score (nSPS) is 10.8. The largest absolute Gasteiger partial charge is 0.241 e. The molecule has 0 saturated heterocycles. The Hall–Kier alpha value is -2.21. The zero-order chi connectivity index (χ0) is 19.2. The van der Waals surface area contributed by atoms with Crippen LogP contribution in [0.1, 0.15) is 5.69 Å². The van der Waals surface area contributed by atoms with Crippen molar-refractivity contribution >= 4 is 35.3 Å². The predicted molar refractivity (Wildman–Crippen MR) is 118 cm³/mol. The molecule has 0 fully saturated rings. The summed E-state index contributed by atoms with van der Waals surface area (Å²) in [6.07, 6.45) is 0. The highest BCUT2D eigenvalue weighted by atomic mass is 32.2. The van der Waals surface area contributed by atoms with Crippen LogP contribution in [0.5, 0.6) is 0 Å². The van der Waals surface area contributed by atoms with Gasteiger partial charge in [-0.1, -0.05) is 89.9 Å². The van der Waals surface area contributed by atoms with Crippen LogP contribution in [0.15, 0.2) is 121 Å². The summed E-state index contributed by atoms with van der Waals surface area (Å²) in [7, 11) is 0. The summed E-state index contributed by atoms with van der Waals surface area (Å²) in [5, 5.41) is 2.82. The standard InChI is InChI=1S/C23H18N2S3/c1-17-21(26-18-11-5-2-6-12-18)25-23(28-20-15-9-4-10-16-20)22(24-17)27-19-13-7-3-8-14-19/h2-16H,1H3. The predicted octanol–water partition coefficient (Wildman–Crippen LogP) is 7.24. The van der Waals surface area contributed by atoms with E-state index in [0.29, 0.717) is 0 Å². The third-order valence-corrected chi connectivity index (χ3v) is 7.03. The Labute approximate surface area is 178 Å². The molecule has 0 atom stereocenters. The summed E-state index contributed by atoms with van der Waals surface area (Å²) in [6.45, 7) is 2.03. The molecule has 0 amide bonds. The molecule has 0 spiro atoms. The minimum atomic E-state index is 0.934. The number of nitrogens with zero attached hydrogens (tertiary/aromatic N) is 2. The van der Waals surface area contributed by atoms with Crippen molar-refractivity contribution in [1.29, 1.82) is 0 Å². The quantitative estimate of drug-likeness (QED) is 0.329. The van der Waals surface area contributed by atoms with E-state index in [9.17, 15) is 0 Å². The van der Waals surface area contributed by atoms with Gasteiger partial charge in [0.25, 0.3) is 0 Å². The second kappa shape index (κ2) is 9.32. The molecule has 28 heavy (non-hydrogen) atoms. The maximum atomic E-state index is 5.00. The van der Waals surface area contributed by atoms with Crippen LogP contribution in [-0.2, 0) is 0 Å². The number of hydrogen-bond acceptors (Lipinski definition) is 5. The molecule has 0 saturated carbocycles. The lowest BCUT2D eigenvalue weighted by Crippen LogP contribution is -1.97. The Balaban J connectivity index is 1.70. The van der Waals surface area contributed by atoms with Crippen molar-refractivity contribution in [3.8, 4) is 0 Å². The van der Waals surface area contributed by atoms with E-state index in [1.54, 1.807) is 35.3 Å². The van der Waals surface area contributed by atoms with E-state index >= 15 is 0 Å². The third-order valence-electron chi connectivity index (χ3n) is 3.84. The van der Waals surface area contributed by atoms with Crippen molar-refractivity contribution < 1.29 is 0 Å². The second-order valence-corrected chi connectivity index (χ2v) is 9.16. The molecule has 4 aromatic rings. The topological polar surface area (TPSA) is 25.8 Å². The van der Waals surface area contributed by atoms with Crippen LogP contribution in [-0.4, -0.2) is 9.97 Å².